The summed E-state index contributed by atoms with van der Waals surface area (Å²) in [7, 11) is 5.28. The minimum absolute atomic E-state index is 0.365. The summed E-state index contributed by atoms with van der Waals surface area (Å²) >= 11 is 3.45. The van der Waals surface area contributed by atoms with Gasteiger partial charge < -0.3 is 15.4 Å². The third kappa shape index (κ3) is 5.52. The number of carbonyl (C=O) groups excluding carboxylic acids is 1. The highest BCUT2D eigenvalue weighted by atomic mass is 79.9. The summed E-state index contributed by atoms with van der Waals surface area (Å²) in [6, 6.07) is 13.2. The number of ether oxygens (including phenoxy) is 1. The summed E-state index contributed by atoms with van der Waals surface area (Å²) in [6.07, 6.45) is 1.50. The average Bonchev–Trinajstić information content (AvgIpc) is 2.73. The monoisotopic (exact) mass is 477 g/mol. The largest absolute Gasteiger partial charge is 0.494 e. The molecule has 1 amide bonds. The lowest BCUT2D eigenvalue weighted by molar-refractivity contribution is -0.111. The molecule has 156 valence electrons. The highest BCUT2D eigenvalue weighted by Gasteiger charge is 2.15. The first-order valence-electron chi connectivity index (χ1n) is 9.29. The van der Waals surface area contributed by atoms with Gasteiger partial charge in [-0.1, -0.05) is 27.9 Å². The molecule has 0 aliphatic rings. The maximum atomic E-state index is 12.2. The Morgan fingerprint density at radius 1 is 1.26 bits per heavy atom. The molecule has 0 spiro atoms. The third-order valence-corrected chi connectivity index (χ3v) is 4.72. The molecule has 3 aromatic rings. The van der Waals surface area contributed by atoms with Gasteiger partial charge in [0.1, 0.15) is 17.3 Å². The second-order valence-corrected chi connectivity index (χ2v) is 7.78. The van der Waals surface area contributed by atoms with Crippen LogP contribution in [-0.2, 0) is 4.79 Å². The number of pyridine rings is 1. The molecule has 1 aromatic heterocycles. The van der Waals surface area contributed by atoms with E-state index in [9.17, 15) is 10.1 Å². The number of nitrogens with zero attached hydrogens (tertiary/aromatic N) is 3. The molecule has 0 unspecified atom stereocenters. The van der Waals surface area contributed by atoms with Gasteiger partial charge in [0.05, 0.1) is 24.9 Å². The van der Waals surface area contributed by atoms with Gasteiger partial charge in [0.15, 0.2) is 0 Å². The lowest BCUT2D eigenvalue weighted by Gasteiger charge is -2.15. The Balaban J connectivity index is 2.07. The number of halogens is 1. The second kappa shape index (κ2) is 9.94. The fraction of sp³-hybridized carbons (Fsp3) is 0.174. The molecule has 7 nitrogen and oxygen atoms in total. The first-order valence-corrected chi connectivity index (χ1v) is 10.1. The topological polar surface area (TPSA) is 90.3 Å². The van der Waals surface area contributed by atoms with Crippen molar-refractivity contribution in [1.82, 2.24) is 9.88 Å². The van der Waals surface area contributed by atoms with Crippen molar-refractivity contribution in [2.45, 2.75) is 0 Å². The molecule has 0 saturated heterocycles. The van der Waals surface area contributed by atoms with Crippen molar-refractivity contribution < 1.29 is 9.53 Å². The van der Waals surface area contributed by atoms with E-state index in [0.717, 1.165) is 10.2 Å². The number of carbonyl (C=O) groups is 1. The summed E-state index contributed by atoms with van der Waals surface area (Å²) in [5, 5.41) is 16.3. The molecule has 0 aliphatic heterocycles. The number of aromatic nitrogens is 1. The van der Waals surface area contributed by atoms with E-state index >= 15 is 0 Å². The number of rotatable bonds is 5. The minimum atomic E-state index is -0.436. The van der Waals surface area contributed by atoms with Crippen LogP contribution in [0.2, 0.25) is 0 Å². The van der Waals surface area contributed by atoms with Crippen molar-refractivity contribution in [3.8, 4) is 23.7 Å². The van der Waals surface area contributed by atoms with E-state index < -0.39 is 5.91 Å². The molecule has 0 bridgehead atoms. The molecule has 2 aromatic carbocycles. The van der Waals surface area contributed by atoms with Crippen LogP contribution in [0.1, 0.15) is 5.56 Å². The summed E-state index contributed by atoms with van der Waals surface area (Å²) < 4.78 is 6.38. The van der Waals surface area contributed by atoms with E-state index in [1.54, 1.807) is 12.1 Å². The Labute approximate surface area is 189 Å². The molecule has 0 aliphatic carbocycles. The van der Waals surface area contributed by atoms with Crippen LogP contribution in [0.5, 0.6) is 5.75 Å². The Hall–Kier alpha value is -3.59. The number of hydrogen-bond acceptors (Lipinski definition) is 6. The number of anilines is 3. The van der Waals surface area contributed by atoms with Crippen LogP contribution in [-0.4, -0.2) is 43.5 Å². The zero-order chi connectivity index (χ0) is 22.4. The maximum absolute atomic E-state index is 12.2. The lowest BCUT2D eigenvalue weighted by Crippen LogP contribution is -2.13. The Morgan fingerprint density at radius 2 is 2.06 bits per heavy atom. The maximum Gasteiger partial charge on any atom is 0.300 e. The molecule has 2 N–H and O–H groups in total. The van der Waals surface area contributed by atoms with Gasteiger partial charge in [-0.25, -0.2) is 0 Å². The Morgan fingerprint density at radius 3 is 2.74 bits per heavy atom. The van der Waals surface area contributed by atoms with Crippen LogP contribution in [0, 0.1) is 23.2 Å². The third-order valence-electron chi connectivity index (χ3n) is 4.23. The van der Waals surface area contributed by atoms with Gasteiger partial charge in [-0.3, -0.25) is 14.7 Å². The number of fused-ring (bicyclic) bond motifs is 1. The number of hydrogen-bond donors (Lipinski definition) is 2. The normalized spacial score (nSPS) is 10.2. The van der Waals surface area contributed by atoms with Crippen molar-refractivity contribution in [2.24, 2.45) is 0 Å². The molecular weight excluding hydrogens is 458 g/mol. The molecular formula is C23H20BrN5O2. The number of nitriles is 1. The molecule has 31 heavy (non-hydrogen) atoms. The molecule has 0 fully saturated rings. The molecule has 1 heterocycles. The second-order valence-electron chi connectivity index (χ2n) is 6.86. The Kier molecular flexibility index (Phi) is 7.09. The zero-order valence-electron chi connectivity index (χ0n) is 17.3. The van der Waals surface area contributed by atoms with Crippen LogP contribution in [0.15, 0.2) is 47.1 Å². The van der Waals surface area contributed by atoms with Gasteiger partial charge in [-0.2, -0.15) is 5.26 Å². The predicted octanol–water partition coefficient (Wildman–Crippen LogP) is 4.12. The van der Waals surface area contributed by atoms with E-state index in [1.807, 2.05) is 43.3 Å². The van der Waals surface area contributed by atoms with Gasteiger partial charge >= 0.3 is 0 Å². The van der Waals surface area contributed by atoms with Crippen molar-refractivity contribution >= 4 is 49.8 Å². The summed E-state index contributed by atoms with van der Waals surface area (Å²) in [4.78, 5) is 18.5. The standard InChI is InChI=1S/C23H20BrN5O2/c1-29(2)9-5-8-21(30)27-18-11-19-22(28-17-7-4-6-16(24)10-17)15(13-25)14-26-23(19)20(12-18)31-3/h4,6-7,10-12,14H,9H2,1-3H3,(H,26,28)(H,27,30). The van der Waals surface area contributed by atoms with E-state index in [2.05, 4.69) is 49.5 Å². The van der Waals surface area contributed by atoms with E-state index in [0.29, 0.717) is 40.1 Å². The first kappa shape index (κ1) is 22.1. The average molecular weight is 478 g/mol. The van der Waals surface area contributed by atoms with E-state index in [1.165, 1.54) is 13.3 Å². The quantitative estimate of drug-likeness (QED) is 0.537. The smallest absolute Gasteiger partial charge is 0.300 e. The van der Waals surface area contributed by atoms with Crippen LogP contribution in [0.3, 0.4) is 0 Å². The summed E-state index contributed by atoms with van der Waals surface area (Å²) in [5.74, 6) is 5.39. The van der Waals surface area contributed by atoms with E-state index in [-0.39, 0.29) is 0 Å². The van der Waals surface area contributed by atoms with Gasteiger partial charge in [0.25, 0.3) is 5.91 Å². The number of amides is 1. The van der Waals surface area contributed by atoms with Crippen LogP contribution >= 0.6 is 15.9 Å². The van der Waals surface area contributed by atoms with E-state index in [4.69, 9.17) is 4.74 Å². The molecule has 0 atom stereocenters. The summed E-state index contributed by atoms with van der Waals surface area (Å²) in [6.45, 7) is 0.477. The van der Waals surface area contributed by atoms with Crippen LogP contribution in [0.25, 0.3) is 10.9 Å². The minimum Gasteiger partial charge on any atom is -0.494 e. The Bertz CT molecular complexity index is 1240. The van der Waals surface area contributed by atoms with Crippen LogP contribution in [0.4, 0.5) is 17.1 Å². The van der Waals surface area contributed by atoms with Crippen molar-refractivity contribution in [3.05, 3.63) is 52.6 Å². The van der Waals surface area contributed by atoms with Gasteiger partial charge in [-0.05, 0) is 44.3 Å². The van der Waals surface area contributed by atoms with Crippen molar-refractivity contribution in [2.75, 3.05) is 38.4 Å². The number of benzene rings is 2. The van der Waals surface area contributed by atoms with Gasteiger partial charge in [-0.15, -0.1) is 0 Å². The van der Waals surface area contributed by atoms with Gasteiger partial charge in [0, 0.05) is 33.5 Å². The predicted molar refractivity (Wildman–Crippen MR) is 125 cm³/mol. The highest BCUT2D eigenvalue weighted by Crippen LogP contribution is 2.36. The SMILES string of the molecule is COc1cc(NC(=O)C#CCN(C)C)cc2c(Nc3cccc(Br)c3)c(C#N)cnc12. The molecule has 0 saturated carbocycles. The molecule has 3 rings (SSSR count). The van der Waals surface area contributed by atoms with Gasteiger partial charge in [0.2, 0.25) is 0 Å². The lowest BCUT2D eigenvalue weighted by atomic mass is 10.1. The fourth-order valence-electron chi connectivity index (χ4n) is 2.87. The molecule has 8 heteroatoms. The number of nitrogens with one attached hydrogen (secondary N) is 2. The van der Waals surface area contributed by atoms with Crippen molar-refractivity contribution in [1.29, 1.82) is 5.26 Å². The van der Waals surface area contributed by atoms with Crippen molar-refractivity contribution in [3.63, 3.8) is 0 Å². The number of methoxy groups -OCH3 is 1. The molecule has 0 radical (unpaired) electrons. The van der Waals surface area contributed by atoms with Crippen LogP contribution < -0.4 is 15.4 Å². The highest BCUT2D eigenvalue weighted by molar-refractivity contribution is 9.10. The first-order chi connectivity index (χ1) is 14.9. The fourth-order valence-corrected chi connectivity index (χ4v) is 3.27. The zero-order valence-corrected chi connectivity index (χ0v) is 18.9. The summed E-state index contributed by atoms with van der Waals surface area (Å²) in [5.41, 5.74) is 2.78.